The fourth-order valence-electron chi connectivity index (χ4n) is 3.46. The minimum atomic E-state index is 0.502. The van der Waals surface area contributed by atoms with Crippen molar-refractivity contribution in [2.45, 2.75) is 18.9 Å². The van der Waals surface area contributed by atoms with Crippen molar-refractivity contribution in [3.8, 4) is 0 Å². The summed E-state index contributed by atoms with van der Waals surface area (Å²) in [5.41, 5.74) is 6.22. The van der Waals surface area contributed by atoms with E-state index in [1.54, 1.807) is 0 Å². The SMILES string of the molecule is CN1CCCC(CN=C(N)N2CCSCC2)C1c1cccs1. The molecule has 2 atom stereocenters. The maximum absolute atomic E-state index is 6.22. The van der Waals surface area contributed by atoms with Crippen molar-refractivity contribution >= 4 is 29.1 Å². The lowest BCUT2D eigenvalue weighted by molar-refractivity contribution is 0.128. The van der Waals surface area contributed by atoms with E-state index in [0.29, 0.717) is 12.0 Å². The monoisotopic (exact) mass is 338 g/mol. The van der Waals surface area contributed by atoms with Gasteiger partial charge in [-0.25, -0.2) is 0 Å². The number of guanidine groups is 1. The Kier molecular flexibility index (Phi) is 5.66. The molecule has 1 aromatic heterocycles. The minimum Gasteiger partial charge on any atom is -0.370 e. The molecule has 0 amide bonds. The molecule has 0 aliphatic carbocycles. The van der Waals surface area contributed by atoms with Gasteiger partial charge in [-0.2, -0.15) is 11.8 Å². The number of nitrogens with zero attached hydrogens (tertiary/aromatic N) is 3. The summed E-state index contributed by atoms with van der Waals surface area (Å²) in [6, 6.07) is 4.92. The normalized spacial score (nSPS) is 28.0. The van der Waals surface area contributed by atoms with E-state index < -0.39 is 0 Å². The molecule has 1 aromatic rings. The highest BCUT2D eigenvalue weighted by atomic mass is 32.2. The predicted molar refractivity (Wildman–Crippen MR) is 97.8 cm³/mol. The Morgan fingerprint density at radius 1 is 1.36 bits per heavy atom. The van der Waals surface area contributed by atoms with E-state index in [4.69, 9.17) is 10.7 Å². The standard InChI is InChI=1S/C16H26N4S2/c1-19-6-2-4-13(15(19)14-5-3-9-22-14)12-18-16(17)20-7-10-21-11-8-20/h3,5,9,13,15H,2,4,6-8,10-12H2,1H3,(H2,17,18). The largest absolute Gasteiger partial charge is 0.370 e. The Balaban J connectivity index is 1.66. The topological polar surface area (TPSA) is 44.9 Å². The van der Waals surface area contributed by atoms with Gasteiger partial charge in [0.1, 0.15) is 0 Å². The predicted octanol–water partition coefficient (Wildman–Crippen LogP) is 2.49. The number of thioether (sulfide) groups is 1. The van der Waals surface area contributed by atoms with Crippen LogP contribution in [-0.4, -0.2) is 60.5 Å². The molecule has 2 unspecified atom stereocenters. The molecule has 4 nitrogen and oxygen atoms in total. The summed E-state index contributed by atoms with van der Waals surface area (Å²) in [5, 5.41) is 2.18. The molecule has 122 valence electrons. The number of hydrogen-bond acceptors (Lipinski definition) is 4. The summed E-state index contributed by atoms with van der Waals surface area (Å²) in [5.74, 6) is 3.66. The second-order valence-corrected chi connectivity index (χ2v) is 8.35. The summed E-state index contributed by atoms with van der Waals surface area (Å²) < 4.78 is 0. The van der Waals surface area contributed by atoms with Gasteiger partial charge < -0.3 is 10.6 Å². The second kappa shape index (κ2) is 7.70. The lowest BCUT2D eigenvalue weighted by atomic mass is 9.88. The molecule has 2 fully saturated rings. The van der Waals surface area contributed by atoms with Gasteiger partial charge >= 0.3 is 0 Å². The molecule has 2 aliphatic heterocycles. The molecule has 6 heteroatoms. The first-order valence-corrected chi connectivity index (χ1v) is 10.2. The Hall–Kier alpha value is -0.720. The van der Waals surface area contributed by atoms with Gasteiger partial charge in [0.2, 0.25) is 0 Å². The molecule has 2 N–H and O–H groups in total. The summed E-state index contributed by atoms with van der Waals surface area (Å²) >= 11 is 3.87. The first-order chi connectivity index (χ1) is 10.8. The fraction of sp³-hybridized carbons (Fsp3) is 0.688. The molecule has 22 heavy (non-hydrogen) atoms. The first kappa shape index (κ1) is 16.1. The Labute approximate surface area is 141 Å². The van der Waals surface area contributed by atoms with Crippen LogP contribution >= 0.6 is 23.1 Å². The Morgan fingerprint density at radius 3 is 2.91 bits per heavy atom. The molecule has 0 aromatic carbocycles. The molecule has 3 rings (SSSR count). The second-order valence-electron chi connectivity index (χ2n) is 6.14. The van der Waals surface area contributed by atoms with Crippen LogP contribution < -0.4 is 5.73 Å². The lowest BCUT2D eigenvalue weighted by Crippen LogP contribution is -2.43. The number of hydrogen-bond donors (Lipinski definition) is 1. The van der Waals surface area contributed by atoms with Crippen molar-refractivity contribution < 1.29 is 0 Å². The van der Waals surface area contributed by atoms with Crippen molar-refractivity contribution in [3.05, 3.63) is 22.4 Å². The zero-order valence-corrected chi connectivity index (χ0v) is 14.9. The molecule has 2 aliphatic rings. The molecule has 3 heterocycles. The van der Waals surface area contributed by atoms with Gasteiger partial charge in [0.15, 0.2) is 5.96 Å². The van der Waals surface area contributed by atoms with Gasteiger partial charge in [-0.05, 0) is 43.8 Å². The maximum atomic E-state index is 6.22. The lowest BCUT2D eigenvalue weighted by Gasteiger charge is -2.38. The zero-order valence-electron chi connectivity index (χ0n) is 13.3. The van der Waals surface area contributed by atoms with E-state index in [2.05, 4.69) is 34.4 Å². The van der Waals surface area contributed by atoms with Crippen molar-refractivity contribution in [2.24, 2.45) is 16.6 Å². The van der Waals surface area contributed by atoms with Crippen LogP contribution in [0.25, 0.3) is 0 Å². The van der Waals surface area contributed by atoms with E-state index in [1.165, 1.54) is 35.8 Å². The van der Waals surface area contributed by atoms with Crippen LogP contribution in [0.1, 0.15) is 23.8 Å². The van der Waals surface area contributed by atoms with Crippen molar-refractivity contribution in [1.29, 1.82) is 0 Å². The van der Waals surface area contributed by atoms with Gasteiger partial charge in [0.05, 0.1) is 0 Å². The summed E-state index contributed by atoms with van der Waals surface area (Å²) in [6.07, 6.45) is 2.51. The van der Waals surface area contributed by atoms with Crippen LogP contribution in [0.4, 0.5) is 0 Å². The highest BCUT2D eigenvalue weighted by Crippen LogP contribution is 2.37. The Morgan fingerprint density at radius 2 is 2.18 bits per heavy atom. The van der Waals surface area contributed by atoms with Crippen LogP contribution in [0.15, 0.2) is 22.5 Å². The van der Waals surface area contributed by atoms with Gasteiger partial charge in [-0.3, -0.25) is 9.89 Å². The third kappa shape index (κ3) is 3.78. The van der Waals surface area contributed by atoms with Gasteiger partial charge in [0, 0.05) is 42.1 Å². The molecule has 0 spiro atoms. The molecule has 0 saturated carbocycles. The first-order valence-electron chi connectivity index (χ1n) is 8.12. The highest BCUT2D eigenvalue weighted by Gasteiger charge is 2.31. The molecular weight excluding hydrogens is 312 g/mol. The number of nitrogens with two attached hydrogens (primary N) is 1. The number of aliphatic imine (C=N–C) groups is 1. The van der Waals surface area contributed by atoms with Crippen LogP contribution in [0, 0.1) is 5.92 Å². The van der Waals surface area contributed by atoms with E-state index >= 15 is 0 Å². The van der Waals surface area contributed by atoms with Gasteiger partial charge in [-0.15, -0.1) is 11.3 Å². The van der Waals surface area contributed by atoms with Gasteiger partial charge in [-0.1, -0.05) is 6.07 Å². The smallest absolute Gasteiger partial charge is 0.191 e. The quantitative estimate of drug-likeness (QED) is 0.679. The van der Waals surface area contributed by atoms with Crippen LogP contribution in [0.5, 0.6) is 0 Å². The summed E-state index contributed by atoms with van der Waals surface area (Å²) in [6.45, 7) is 4.11. The molecular formula is C16H26N4S2. The van der Waals surface area contributed by atoms with Crippen molar-refractivity contribution in [2.75, 3.05) is 44.7 Å². The number of piperidine rings is 1. The average molecular weight is 339 g/mol. The van der Waals surface area contributed by atoms with Crippen LogP contribution in [0.2, 0.25) is 0 Å². The number of thiophene rings is 1. The van der Waals surface area contributed by atoms with Crippen molar-refractivity contribution in [3.63, 3.8) is 0 Å². The third-order valence-electron chi connectivity index (χ3n) is 4.66. The average Bonchev–Trinajstić information content (AvgIpc) is 3.07. The molecule has 2 saturated heterocycles. The highest BCUT2D eigenvalue weighted by molar-refractivity contribution is 7.99. The third-order valence-corrected chi connectivity index (χ3v) is 6.55. The van der Waals surface area contributed by atoms with E-state index in [-0.39, 0.29) is 0 Å². The van der Waals surface area contributed by atoms with E-state index in [1.807, 2.05) is 23.1 Å². The summed E-state index contributed by atoms with van der Waals surface area (Å²) in [7, 11) is 2.24. The summed E-state index contributed by atoms with van der Waals surface area (Å²) in [4.78, 5) is 11.0. The van der Waals surface area contributed by atoms with E-state index in [9.17, 15) is 0 Å². The van der Waals surface area contributed by atoms with Crippen LogP contribution in [0.3, 0.4) is 0 Å². The minimum absolute atomic E-state index is 0.502. The molecule has 0 radical (unpaired) electrons. The molecule has 0 bridgehead atoms. The van der Waals surface area contributed by atoms with Crippen LogP contribution in [-0.2, 0) is 0 Å². The van der Waals surface area contributed by atoms with Gasteiger partial charge in [0.25, 0.3) is 0 Å². The Bertz CT molecular complexity index is 482. The number of rotatable bonds is 3. The fourth-order valence-corrected chi connectivity index (χ4v) is 5.35. The number of likely N-dealkylation sites (tertiary alicyclic amines) is 1. The maximum Gasteiger partial charge on any atom is 0.191 e. The van der Waals surface area contributed by atoms with E-state index in [0.717, 1.165) is 25.6 Å². The zero-order chi connectivity index (χ0) is 15.4. The van der Waals surface area contributed by atoms with Crippen molar-refractivity contribution in [1.82, 2.24) is 9.80 Å².